The van der Waals surface area contributed by atoms with Gasteiger partial charge in [-0.3, -0.25) is 9.59 Å². The van der Waals surface area contributed by atoms with Gasteiger partial charge in [-0.05, 0) is 18.6 Å². The van der Waals surface area contributed by atoms with Crippen molar-refractivity contribution in [3.63, 3.8) is 0 Å². The van der Waals surface area contributed by atoms with E-state index in [-0.39, 0.29) is 0 Å². The first-order valence-corrected chi connectivity index (χ1v) is 5.77. The fraction of sp³-hybridized carbons (Fsp3) is 0.417. The van der Waals surface area contributed by atoms with Gasteiger partial charge in [0.15, 0.2) is 0 Å². The van der Waals surface area contributed by atoms with Crippen molar-refractivity contribution >= 4 is 23.3 Å². The van der Waals surface area contributed by atoms with Crippen LogP contribution >= 0.6 is 0 Å². The van der Waals surface area contributed by atoms with E-state index < -0.39 is 11.8 Å². The van der Waals surface area contributed by atoms with Crippen LogP contribution in [0.3, 0.4) is 0 Å². The Balaban J connectivity index is 2.56. The lowest BCUT2D eigenvalue weighted by Gasteiger charge is -2.11. The molecule has 0 aliphatic heterocycles. The number of pyridine rings is 1. The van der Waals surface area contributed by atoms with Gasteiger partial charge in [0.2, 0.25) is 0 Å². The van der Waals surface area contributed by atoms with Crippen LogP contribution < -0.4 is 15.5 Å². The molecule has 6 nitrogen and oxygen atoms in total. The van der Waals surface area contributed by atoms with Gasteiger partial charge in [-0.15, -0.1) is 0 Å². The second-order valence-electron chi connectivity index (χ2n) is 4.01. The number of aromatic nitrogens is 1. The number of hydrogen-bond donors (Lipinski definition) is 2. The molecule has 2 amide bonds. The summed E-state index contributed by atoms with van der Waals surface area (Å²) < 4.78 is 0. The van der Waals surface area contributed by atoms with Crippen LogP contribution in [0.2, 0.25) is 0 Å². The van der Waals surface area contributed by atoms with Crippen molar-refractivity contribution in [3.8, 4) is 0 Å². The molecule has 0 saturated carbocycles. The quantitative estimate of drug-likeness (QED) is 0.768. The standard InChI is InChI=1S/C12H18N4O2/c1-4-7-13-11(17)12(18)15-9-5-6-10(14-8-9)16(2)3/h5-6,8H,4,7H2,1-3H3,(H,13,17)(H,15,18). The van der Waals surface area contributed by atoms with Crippen molar-refractivity contribution in [1.82, 2.24) is 10.3 Å². The van der Waals surface area contributed by atoms with Gasteiger partial charge >= 0.3 is 11.8 Å². The Hall–Kier alpha value is -2.11. The zero-order valence-electron chi connectivity index (χ0n) is 10.9. The summed E-state index contributed by atoms with van der Waals surface area (Å²) in [5.74, 6) is -0.528. The molecule has 0 atom stereocenters. The van der Waals surface area contributed by atoms with Gasteiger partial charge in [0.05, 0.1) is 11.9 Å². The minimum absolute atomic E-state index is 0.490. The molecule has 1 rings (SSSR count). The van der Waals surface area contributed by atoms with Crippen LogP contribution in [0.5, 0.6) is 0 Å². The predicted molar refractivity (Wildman–Crippen MR) is 70.5 cm³/mol. The van der Waals surface area contributed by atoms with Crippen LogP contribution in [0, 0.1) is 0 Å². The number of nitrogens with one attached hydrogen (secondary N) is 2. The first-order chi connectivity index (χ1) is 8.54. The zero-order valence-corrected chi connectivity index (χ0v) is 10.9. The maximum atomic E-state index is 11.5. The lowest BCUT2D eigenvalue weighted by molar-refractivity contribution is -0.136. The molecule has 0 saturated heterocycles. The Kier molecular flexibility index (Phi) is 5.10. The molecule has 0 spiro atoms. The van der Waals surface area contributed by atoms with Crippen LogP contribution in [-0.4, -0.2) is 37.4 Å². The minimum Gasteiger partial charge on any atom is -0.363 e. The van der Waals surface area contributed by atoms with E-state index in [0.717, 1.165) is 12.2 Å². The van der Waals surface area contributed by atoms with Crippen molar-refractivity contribution < 1.29 is 9.59 Å². The van der Waals surface area contributed by atoms with Gasteiger partial charge in [0, 0.05) is 20.6 Å². The van der Waals surface area contributed by atoms with E-state index in [1.807, 2.05) is 25.9 Å². The Morgan fingerprint density at radius 3 is 2.50 bits per heavy atom. The highest BCUT2D eigenvalue weighted by Gasteiger charge is 2.12. The van der Waals surface area contributed by atoms with E-state index in [1.165, 1.54) is 6.20 Å². The van der Waals surface area contributed by atoms with Crippen LogP contribution in [-0.2, 0) is 9.59 Å². The Labute approximate surface area is 106 Å². The van der Waals surface area contributed by atoms with Crippen molar-refractivity contribution in [2.75, 3.05) is 30.9 Å². The molecule has 0 radical (unpaired) electrons. The molecule has 98 valence electrons. The molecule has 0 fully saturated rings. The molecule has 0 bridgehead atoms. The van der Waals surface area contributed by atoms with E-state index in [0.29, 0.717) is 12.2 Å². The molecule has 0 unspecified atom stereocenters. The highest BCUT2D eigenvalue weighted by molar-refractivity contribution is 6.39. The molecule has 1 heterocycles. The predicted octanol–water partition coefficient (Wildman–Crippen LogP) is 0.612. The molecule has 0 aromatic carbocycles. The van der Waals surface area contributed by atoms with Crippen LogP contribution in [0.25, 0.3) is 0 Å². The van der Waals surface area contributed by atoms with Gasteiger partial charge in [-0.2, -0.15) is 0 Å². The van der Waals surface area contributed by atoms with Gasteiger partial charge in [0.25, 0.3) is 0 Å². The second kappa shape index (κ2) is 6.58. The average molecular weight is 250 g/mol. The fourth-order valence-electron chi connectivity index (χ4n) is 1.23. The van der Waals surface area contributed by atoms with E-state index in [9.17, 15) is 9.59 Å². The molecule has 6 heteroatoms. The summed E-state index contributed by atoms with van der Waals surface area (Å²) in [5.41, 5.74) is 0.497. The first kappa shape index (κ1) is 14.0. The summed E-state index contributed by atoms with van der Waals surface area (Å²) in [7, 11) is 3.75. The van der Waals surface area contributed by atoms with E-state index >= 15 is 0 Å². The number of rotatable bonds is 4. The molecule has 1 aromatic heterocycles. The zero-order chi connectivity index (χ0) is 13.5. The van der Waals surface area contributed by atoms with Gasteiger partial charge in [0.1, 0.15) is 5.82 Å². The summed E-state index contributed by atoms with van der Waals surface area (Å²) in [6.07, 6.45) is 2.30. The molecule has 0 aliphatic rings. The molecular weight excluding hydrogens is 232 g/mol. The third kappa shape index (κ3) is 4.04. The largest absolute Gasteiger partial charge is 0.363 e. The smallest absolute Gasteiger partial charge is 0.313 e. The highest BCUT2D eigenvalue weighted by atomic mass is 16.2. The molecular formula is C12H18N4O2. The number of hydrogen-bond acceptors (Lipinski definition) is 4. The minimum atomic E-state index is -0.678. The second-order valence-corrected chi connectivity index (χ2v) is 4.01. The fourth-order valence-corrected chi connectivity index (χ4v) is 1.23. The third-order valence-electron chi connectivity index (χ3n) is 2.21. The summed E-state index contributed by atoms with van der Waals surface area (Å²) in [4.78, 5) is 28.8. The summed E-state index contributed by atoms with van der Waals surface area (Å²) >= 11 is 0. The lowest BCUT2D eigenvalue weighted by Crippen LogP contribution is -2.35. The molecule has 2 N–H and O–H groups in total. The van der Waals surface area contributed by atoms with E-state index in [1.54, 1.807) is 12.1 Å². The Morgan fingerprint density at radius 1 is 1.28 bits per heavy atom. The van der Waals surface area contributed by atoms with Crippen LogP contribution in [0.1, 0.15) is 13.3 Å². The Morgan fingerprint density at radius 2 is 2.00 bits per heavy atom. The number of carbonyl (C=O) groups is 2. The van der Waals surface area contributed by atoms with Crippen LogP contribution in [0.4, 0.5) is 11.5 Å². The summed E-state index contributed by atoms with van der Waals surface area (Å²) in [5, 5.41) is 4.99. The van der Waals surface area contributed by atoms with Crippen molar-refractivity contribution in [2.24, 2.45) is 0 Å². The monoisotopic (exact) mass is 250 g/mol. The molecule has 18 heavy (non-hydrogen) atoms. The van der Waals surface area contributed by atoms with Crippen LogP contribution in [0.15, 0.2) is 18.3 Å². The number of anilines is 2. The summed E-state index contributed by atoms with van der Waals surface area (Å²) in [6, 6.07) is 3.47. The maximum Gasteiger partial charge on any atom is 0.313 e. The van der Waals surface area contributed by atoms with Crippen molar-refractivity contribution in [1.29, 1.82) is 0 Å². The summed E-state index contributed by atoms with van der Waals surface area (Å²) in [6.45, 7) is 2.41. The SMILES string of the molecule is CCCNC(=O)C(=O)Nc1ccc(N(C)C)nc1. The third-order valence-corrected chi connectivity index (χ3v) is 2.21. The average Bonchev–Trinajstić information content (AvgIpc) is 2.36. The van der Waals surface area contributed by atoms with Crippen molar-refractivity contribution in [2.45, 2.75) is 13.3 Å². The van der Waals surface area contributed by atoms with Crippen molar-refractivity contribution in [3.05, 3.63) is 18.3 Å². The molecule has 1 aromatic rings. The normalized spacial score (nSPS) is 9.72. The van der Waals surface area contributed by atoms with Gasteiger partial charge in [-0.1, -0.05) is 6.92 Å². The lowest BCUT2D eigenvalue weighted by atomic mass is 10.3. The topological polar surface area (TPSA) is 74.3 Å². The number of nitrogens with zero attached hydrogens (tertiary/aromatic N) is 2. The molecule has 0 aliphatic carbocycles. The van der Waals surface area contributed by atoms with E-state index in [4.69, 9.17) is 0 Å². The van der Waals surface area contributed by atoms with Gasteiger partial charge < -0.3 is 15.5 Å². The van der Waals surface area contributed by atoms with E-state index in [2.05, 4.69) is 15.6 Å². The van der Waals surface area contributed by atoms with Gasteiger partial charge in [-0.25, -0.2) is 4.98 Å². The maximum absolute atomic E-state index is 11.5. The Bertz CT molecular complexity index is 415. The first-order valence-electron chi connectivity index (χ1n) is 5.77. The number of carbonyl (C=O) groups excluding carboxylic acids is 2. The number of amides is 2. The highest BCUT2D eigenvalue weighted by Crippen LogP contribution is 2.11.